The Hall–Kier alpha value is -8.08. The predicted molar refractivity (Wildman–Crippen MR) is 268 cm³/mol. The first-order valence-corrected chi connectivity index (χ1v) is 22.4. The molecule has 1 fully saturated rings. The van der Waals surface area contributed by atoms with E-state index in [1.807, 2.05) is 0 Å². The number of hydrogen-bond acceptors (Lipinski definition) is 2. The SMILES string of the molecule is CC1C2C(c3cccc4ccccc34)=NC(c3ccccc3)=NC12c1cccc2cc(-n3c4ccccc4c4cc5c6c7ccccc7ccc6n(-c6ccccc6)c5cc43)ccc12. The van der Waals surface area contributed by atoms with Crippen LogP contribution in [0.4, 0.5) is 0 Å². The highest BCUT2D eigenvalue weighted by Gasteiger charge is 2.67. The van der Waals surface area contributed by atoms with Crippen molar-refractivity contribution in [2.24, 2.45) is 21.8 Å². The molecule has 3 unspecified atom stereocenters. The van der Waals surface area contributed by atoms with Crippen molar-refractivity contribution in [2.45, 2.75) is 12.5 Å². The van der Waals surface area contributed by atoms with Gasteiger partial charge in [-0.15, -0.1) is 0 Å². The molecule has 0 spiro atoms. The van der Waals surface area contributed by atoms with E-state index in [0.29, 0.717) is 0 Å². The van der Waals surface area contributed by atoms with Gasteiger partial charge in [0.25, 0.3) is 0 Å². The Morgan fingerprint density at radius 1 is 0.422 bits per heavy atom. The molecular formula is C60H40N4. The van der Waals surface area contributed by atoms with Crippen molar-refractivity contribution in [3.05, 3.63) is 229 Å². The maximum absolute atomic E-state index is 5.69. The summed E-state index contributed by atoms with van der Waals surface area (Å²) in [6.45, 7) is 2.37. The van der Waals surface area contributed by atoms with Crippen LogP contribution in [0.2, 0.25) is 0 Å². The van der Waals surface area contributed by atoms with Gasteiger partial charge in [0.2, 0.25) is 0 Å². The summed E-state index contributed by atoms with van der Waals surface area (Å²) < 4.78 is 4.92. The lowest BCUT2D eigenvalue weighted by Crippen LogP contribution is -2.23. The van der Waals surface area contributed by atoms with E-state index in [1.54, 1.807) is 0 Å². The molecule has 1 aliphatic heterocycles. The van der Waals surface area contributed by atoms with Gasteiger partial charge in [-0.25, -0.2) is 4.99 Å². The number of rotatable bonds is 5. The topological polar surface area (TPSA) is 34.6 Å². The Kier molecular flexibility index (Phi) is 7.33. The molecule has 12 aromatic rings. The van der Waals surface area contributed by atoms with Gasteiger partial charge in [0, 0.05) is 50.0 Å². The van der Waals surface area contributed by atoms with E-state index in [4.69, 9.17) is 9.98 Å². The van der Waals surface area contributed by atoms with Crippen LogP contribution in [0.1, 0.15) is 23.6 Å². The van der Waals surface area contributed by atoms with Crippen LogP contribution < -0.4 is 0 Å². The summed E-state index contributed by atoms with van der Waals surface area (Å²) in [5.74, 6) is 1.20. The highest BCUT2D eigenvalue weighted by Crippen LogP contribution is 2.65. The van der Waals surface area contributed by atoms with Crippen molar-refractivity contribution in [1.29, 1.82) is 0 Å². The summed E-state index contributed by atoms with van der Waals surface area (Å²) in [7, 11) is 0. The second-order valence-electron chi connectivity index (χ2n) is 17.7. The number of nitrogens with zero attached hydrogens (tertiary/aromatic N) is 4. The van der Waals surface area contributed by atoms with Crippen molar-refractivity contribution >= 4 is 87.5 Å². The van der Waals surface area contributed by atoms with Crippen molar-refractivity contribution in [3.8, 4) is 11.4 Å². The second kappa shape index (κ2) is 13.2. The molecule has 300 valence electrons. The van der Waals surface area contributed by atoms with Gasteiger partial charge in [-0.3, -0.25) is 4.99 Å². The monoisotopic (exact) mass is 816 g/mol. The fourth-order valence-electron chi connectivity index (χ4n) is 11.6. The van der Waals surface area contributed by atoms with Gasteiger partial charge >= 0.3 is 0 Å². The number of aliphatic imine (C=N–C) groups is 2. The quantitative estimate of drug-likeness (QED) is 0.166. The molecule has 0 radical (unpaired) electrons. The summed E-state index contributed by atoms with van der Waals surface area (Å²) in [5.41, 5.74) is 11.2. The largest absolute Gasteiger partial charge is 0.309 e. The van der Waals surface area contributed by atoms with Gasteiger partial charge in [-0.2, -0.15) is 0 Å². The molecule has 4 heteroatoms. The van der Waals surface area contributed by atoms with E-state index in [0.717, 1.165) is 28.5 Å². The van der Waals surface area contributed by atoms with E-state index in [9.17, 15) is 0 Å². The molecule has 14 rings (SSSR count). The van der Waals surface area contributed by atoms with Gasteiger partial charge in [0.1, 0.15) is 5.54 Å². The van der Waals surface area contributed by atoms with Gasteiger partial charge in [-0.1, -0.05) is 171 Å². The molecule has 1 saturated carbocycles. The van der Waals surface area contributed by atoms with Crippen LogP contribution in [0.25, 0.3) is 87.3 Å². The Morgan fingerprint density at radius 2 is 1.08 bits per heavy atom. The fourth-order valence-corrected chi connectivity index (χ4v) is 11.6. The molecule has 2 aliphatic rings. The number of hydrogen-bond donors (Lipinski definition) is 0. The first-order chi connectivity index (χ1) is 31.7. The van der Waals surface area contributed by atoms with E-state index < -0.39 is 5.54 Å². The Labute approximate surface area is 369 Å². The van der Waals surface area contributed by atoms with Gasteiger partial charge in [0.05, 0.1) is 27.8 Å². The van der Waals surface area contributed by atoms with Crippen LogP contribution in [0.3, 0.4) is 0 Å². The molecule has 0 saturated heterocycles. The molecule has 0 amide bonds. The molecule has 3 atom stereocenters. The Balaban J connectivity index is 0.983. The number of amidine groups is 1. The standard InChI is InChI=1S/C60H40N4/c1-37-57-58(48-27-14-20-38-16-8-10-24-44(38)48)61-59(40-18-4-2-5-19-40)62-60(37,57)51-28-15-21-41-34-43(31-32-45(41)51)64-52-29-13-12-26-47(52)49-35-50-55(36-54(49)64)63(42-22-6-3-7-23-42)53-33-30-39-17-9-11-25-46(39)56(50)53/h2-37,57H,1H3. The third kappa shape index (κ3) is 4.88. The van der Waals surface area contributed by atoms with Crippen LogP contribution in [0, 0.1) is 11.8 Å². The highest BCUT2D eigenvalue weighted by atomic mass is 15.1. The lowest BCUT2D eigenvalue weighted by Gasteiger charge is -2.23. The van der Waals surface area contributed by atoms with Gasteiger partial charge in [-0.05, 0) is 92.3 Å². The lowest BCUT2D eigenvalue weighted by atomic mass is 9.90. The van der Waals surface area contributed by atoms with Crippen LogP contribution in [0.5, 0.6) is 0 Å². The number of para-hydroxylation sites is 2. The van der Waals surface area contributed by atoms with Crippen molar-refractivity contribution in [2.75, 3.05) is 0 Å². The summed E-state index contributed by atoms with van der Waals surface area (Å²) in [5, 5.41) is 12.4. The molecule has 1 aliphatic carbocycles. The third-order valence-electron chi connectivity index (χ3n) is 14.5. The Bertz CT molecular complexity index is 3980. The number of fused-ring (bicyclic) bond motifs is 11. The maximum atomic E-state index is 5.69. The maximum Gasteiger partial charge on any atom is 0.155 e. The van der Waals surface area contributed by atoms with Crippen LogP contribution >= 0.6 is 0 Å². The highest BCUT2D eigenvalue weighted by molar-refractivity contribution is 6.26. The smallest absolute Gasteiger partial charge is 0.155 e. The molecule has 64 heavy (non-hydrogen) atoms. The van der Waals surface area contributed by atoms with Crippen molar-refractivity contribution < 1.29 is 0 Å². The lowest BCUT2D eigenvalue weighted by molar-refractivity contribution is 0.662. The first-order valence-electron chi connectivity index (χ1n) is 22.4. The molecule has 2 aromatic heterocycles. The predicted octanol–water partition coefficient (Wildman–Crippen LogP) is 14.8. The first kappa shape index (κ1) is 35.5. The van der Waals surface area contributed by atoms with Crippen LogP contribution in [-0.4, -0.2) is 20.7 Å². The molecular weight excluding hydrogens is 777 g/mol. The van der Waals surface area contributed by atoms with E-state index in [-0.39, 0.29) is 11.8 Å². The second-order valence-corrected chi connectivity index (χ2v) is 17.7. The molecule has 0 N–H and O–H groups in total. The molecule has 10 aromatic carbocycles. The van der Waals surface area contributed by atoms with E-state index in [2.05, 4.69) is 228 Å². The van der Waals surface area contributed by atoms with Crippen molar-refractivity contribution in [3.63, 3.8) is 0 Å². The van der Waals surface area contributed by atoms with Crippen LogP contribution in [-0.2, 0) is 5.54 Å². The number of aromatic nitrogens is 2. The molecule has 4 nitrogen and oxygen atoms in total. The Morgan fingerprint density at radius 3 is 1.92 bits per heavy atom. The zero-order chi connectivity index (χ0) is 42.1. The van der Waals surface area contributed by atoms with E-state index >= 15 is 0 Å². The summed E-state index contributed by atoms with van der Waals surface area (Å²) in [4.78, 5) is 11.1. The number of benzene rings is 10. The molecule has 3 heterocycles. The summed E-state index contributed by atoms with van der Waals surface area (Å²) in [6.07, 6.45) is 0. The van der Waals surface area contributed by atoms with Gasteiger partial charge < -0.3 is 9.13 Å². The third-order valence-corrected chi connectivity index (χ3v) is 14.5. The minimum absolute atomic E-state index is 0.143. The zero-order valence-corrected chi connectivity index (χ0v) is 35.2. The van der Waals surface area contributed by atoms with Gasteiger partial charge in [0.15, 0.2) is 5.84 Å². The normalized spacial score (nSPS) is 18.3. The zero-order valence-electron chi connectivity index (χ0n) is 35.2. The summed E-state index contributed by atoms with van der Waals surface area (Å²) >= 11 is 0. The minimum atomic E-state index is -0.451. The van der Waals surface area contributed by atoms with Crippen LogP contribution in [0.15, 0.2) is 222 Å². The molecule has 0 bridgehead atoms. The van der Waals surface area contributed by atoms with Crippen molar-refractivity contribution in [1.82, 2.24) is 9.13 Å². The van der Waals surface area contributed by atoms with E-state index in [1.165, 1.54) is 87.1 Å². The fraction of sp³-hybridized carbons (Fsp3) is 0.0667. The minimum Gasteiger partial charge on any atom is -0.309 e. The summed E-state index contributed by atoms with van der Waals surface area (Å²) in [6, 6.07) is 77.6. The average Bonchev–Trinajstić information content (AvgIpc) is 3.64. The average molecular weight is 817 g/mol.